The van der Waals surface area contributed by atoms with Crippen molar-refractivity contribution in [2.24, 2.45) is 11.8 Å². The number of ether oxygens (including phenoxy) is 1. The molecule has 2 unspecified atom stereocenters. The standard InChI is InChI=1S/C28H34N2O3/c1-29(28(32)33-21-23-10-6-3-7-11-23)19-24-12-13-26-20-30(27(31)15-14-25(26)18-24)17-16-22-8-4-2-5-9-22/h2-11,18,25-26H,12-17,19-21H2,1H3. The van der Waals surface area contributed by atoms with Crippen molar-refractivity contribution in [3.8, 4) is 0 Å². The topological polar surface area (TPSA) is 49.9 Å². The smallest absolute Gasteiger partial charge is 0.410 e. The van der Waals surface area contributed by atoms with Gasteiger partial charge in [0, 0.05) is 33.1 Å². The van der Waals surface area contributed by atoms with Crippen LogP contribution in [0.4, 0.5) is 4.79 Å². The Balaban J connectivity index is 1.29. The summed E-state index contributed by atoms with van der Waals surface area (Å²) >= 11 is 0. The minimum absolute atomic E-state index is 0.275. The van der Waals surface area contributed by atoms with Crippen LogP contribution >= 0.6 is 0 Å². The Kier molecular flexibility index (Phi) is 7.82. The van der Waals surface area contributed by atoms with Crippen LogP contribution in [0.15, 0.2) is 72.3 Å². The third kappa shape index (κ3) is 6.47. The summed E-state index contributed by atoms with van der Waals surface area (Å²) in [4.78, 5) is 28.9. The zero-order chi connectivity index (χ0) is 23.0. The van der Waals surface area contributed by atoms with Gasteiger partial charge in [-0.3, -0.25) is 4.79 Å². The number of carbonyl (C=O) groups excluding carboxylic acids is 2. The average Bonchev–Trinajstić information content (AvgIpc) is 3.00. The van der Waals surface area contributed by atoms with E-state index in [0.717, 1.165) is 44.3 Å². The molecule has 4 rings (SSSR count). The van der Waals surface area contributed by atoms with Crippen molar-refractivity contribution in [2.45, 2.75) is 38.7 Å². The Morgan fingerprint density at radius 2 is 1.70 bits per heavy atom. The monoisotopic (exact) mass is 446 g/mol. The van der Waals surface area contributed by atoms with Crippen LogP contribution in [-0.4, -0.2) is 48.5 Å². The van der Waals surface area contributed by atoms with Gasteiger partial charge in [-0.15, -0.1) is 0 Å². The van der Waals surface area contributed by atoms with Gasteiger partial charge in [-0.25, -0.2) is 4.79 Å². The van der Waals surface area contributed by atoms with Gasteiger partial charge in [0.05, 0.1) is 0 Å². The van der Waals surface area contributed by atoms with E-state index in [0.29, 0.717) is 24.8 Å². The van der Waals surface area contributed by atoms with Crippen molar-refractivity contribution in [1.82, 2.24) is 9.80 Å². The molecule has 2 amide bonds. The average molecular weight is 447 g/mol. The molecule has 2 atom stereocenters. The fourth-order valence-corrected chi connectivity index (χ4v) is 4.94. The molecular formula is C28H34N2O3. The van der Waals surface area contributed by atoms with Gasteiger partial charge in [-0.05, 0) is 48.6 Å². The van der Waals surface area contributed by atoms with Crippen LogP contribution in [0, 0.1) is 11.8 Å². The predicted molar refractivity (Wildman–Crippen MR) is 130 cm³/mol. The van der Waals surface area contributed by atoms with Crippen LogP contribution in [-0.2, 0) is 22.6 Å². The fourth-order valence-electron chi connectivity index (χ4n) is 4.94. The molecule has 1 aliphatic carbocycles. The first-order valence-corrected chi connectivity index (χ1v) is 12.0. The maximum atomic E-state index is 12.8. The first-order chi connectivity index (χ1) is 16.1. The summed E-state index contributed by atoms with van der Waals surface area (Å²) in [6.07, 6.45) is 6.48. The second-order valence-corrected chi connectivity index (χ2v) is 9.30. The number of allylic oxidation sites excluding steroid dienone is 1. The zero-order valence-corrected chi connectivity index (χ0v) is 19.5. The van der Waals surface area contributed by atoms with E-state index in [1.54, 1.807) is 11.9 Å². The molecule has 1 aliphatic heterocycles. The quantitative estimate of drug-likeness (QED) is 0.558. The zero-order valence-electron chi connectivity index (χ0n) is 19.5. The summed E-state index contributed by atoms with van der Waals surface area (Å²) in [5, 5.41) is 0. The molecule has 1 fully saturated rings. The number of hydrogen-bond acceptors (Lipinski definition) is 3. The molecular weight excluding hydrogens is 412 g/mol. The number of likely N-dealkylation sites (tertiary alicyclic amines) is 1. The van der Waals surface area contributed by atoms with Crippen LogP contribution in [0.25, 0.3) is 0 Å². The van der Waals surface area contributed by atoms with Crippen LogP contribution in [0.2, 0.25) is 0 Å². The van der Waals surface area contributed by atoms with E-state index in [1.165, 1.54) is 11.1 Å². The summed E-state index contributed by atoms with van der Waals surface area (Å²) in [7, 11) is 1.79. The lowest BCUT2D eigenvalue weighted by Crippen LogP contribution is -2.36. The third-order valence-electron chi connectivity index (χ3n) is 6.86. The van der Waals surface area contributed by atoms with Gasteiger partial charge in [0.1, 0.15) is 6.61 Å². The Morgan fingerprint density at radius 3 is 2.42 bits per heavy atom. The van der Waals surface area contributed by atoms with Gasteiger partial charge in [0.25, 0.3) is 0 Å². The largest absolute Gasteiger partial charge is 0.445 e. The molecule has 0 bridgehead atoms. The molecule has 0 N–H and O–H groups in total. The molecule has 2 aromatic rings. The molecule has 2 aliphatic rings. The van der Waals surface area contributed by atoms with Gasteiger partial charge in [0.15, 0.2) is 0 Å². The number of fused-ring (bicyclic) bond motifs is 1. The number of benzene rings is 2. The van der Waals surface area contributed by atoms with E-state index in [2.05, 4.69) is 35.2 Å². The Hall–Kier alpha value is -3.08. The van der Waals surface area contributed by atoms with Gasteiger partial charge in [-0.1, -0.05) is 72.3 Å². The molecule has 0 saturated carbocycles. The predicted octanol–water partition coefficient (Wildman–Crippen LogP) is 5.07. The Morgan fingerprint density at radius 1 is 1.00 bits per heavy atom. The molecule has 5 nitrogen and oxygen atoms in total. The van der Waals surface area contributed by atoms with Gasteiger partial charge < -0.3 is 14.5 Å². The summed E-state index contributed by atoms with van der Waals surface area (Å²) in [5.74, 6) is 1.19. The van der Waals surface area contributed by atoms with Crippen LogP contribution in [0.3, 0.4) is 0 Å². The van der Waals surface area contributed by atoms with E-state index in [9.17, 15) is 9.59 Å². The van der Waals surface area contributed by atoms with Crippen LogP contribution in [0.1, 0.15) is 36.8 Å². The fraction of sp³-hybridized carbons (Fsp3) is 0.429. The SMILES string of the molecule is CN(CC1=CC2CCC(=O)N(CCc3ccccc3)CC2CC1)C(=O)OCc1ccccc1. The number of likely N-dealkylation sites (N-methyl/N-ethyl adjacent to an activating group) is 1. The van der Waals surface area contributed by atoms with Crippen LogP contribution < -0.4 is 0 Å². The molecule has 0 radical (unpaired) electrons. The normalized spacial score (nSPS) is 20.5. The number of carbonyl (C=O) groups is 2. The molecule has 0 aromatic heterocycles. The van der Waals surface area contributed by atoms with E-state index in [-0.39, 0.29) is 18.6 Å². The summed E-state index contributed by atoms with van der Waals surface area (Å²) in [6, 6.07) is 20.1. The lowest BCUT2D eigenvalue weighted by Gasteiger charge is -2.32. The number of hydrogen-bond donors (Lipinski definition) is 0. The molecule has 1 heterocycles. The Bertz CT molecular complexity index is 958. The second-order valence-electron chi connectivity index (χ2n) is 9.30. The van der Waals surface area contributed by atoms with Crippen molar-refractivity contribution < 1.29 is 14.3 Å². The summed E-state index contributed by atoms with van der Waals surface area (Å²) < 4.78 is 5.46. The molecule has 33 heavy (non-hydrogen) atoms. The molecule has 0 spiro atoms. The summed E-state index contributed by atoms with van der Waals surface area (Å²) in [6.45, 7) is 2.50. The molecule has 1 saturated heterocycles. The van der Waals surface area contributed by atoms with E-state index in [1.807, 2.05) is 36.4 Å². The molecule has 174 valence electrons. The van der Waals surface area contributed by atoms with Gasteiger partial charge in [-0.2, -0.15) is 0 Å². The van der Waals surface area contributed by atoms with Crippen molar-refractivity contribution in [3.63, 3.8) is 0 Å². The number of amides is 2. The highest BCUT2D eigenvalue weighted by Gasteiger charge is 2.32. The van der Waals surface area contributed by atoms with E-state index < -0.39 is 0 Å². The lowest BCUT2D eigenvalue weighted by atomic mass is 9.79. The highest BCUT2D eigenvalue weighted by atomic mass is 16.6. The highest BCUT2D eigenvalue weighted by Crippen LogP contribution is 2.35. The molecule has 2 aromatic carbocycles. The third-order valence-corrected chi connectivity index (χ3v) is 6.86. The van der Waals surface area contributed by atoms with Crippen LogP contribution in [0.5, 0.6) is 0 Å². The molecule has 5 heteroatoms. The Labute approximate surface area is 197 Å². The van der Waals surface area contributed by atoms with Crippen molar-refractivity contribution in [2.75, 3.05) is 26.7 Å². The second kappa shape index (κ2) is 11.2. The minimum atomic E-state index is -0.301. The van der Waals surface area contributed by atoms with Crippen molar-refractivity contribution >= 4 is 12.0 Å². The van der Waals surface area contributed by atoms with E-state index in [4.69, 9.17) is 4.74 Å². The number of rotatable bonds is 7. The lowest BCUT2D eigenvalue weighted by molar-refractivity contribution is -0.131. The minimum Gasteiger partial charge on any atom is -0.445 e. The van der Waals surface area contributed by atoms with Crippen molar-refractivity contribution in [3.05, 3.63) is 83.4 Å². The first-order valence-electron chi connectivity index (χ1n) is 12.0. The van der Waals surface area contributed by atoms with Gasteiger partial charge >= 0.3 is 6.09 Å². The number of nitrogens with zero attached hydrogens (tertiary/aromatic N) is 2. The highest BCUT2D eigenvalue weighted by molar-refractivity contribution is 5.76. The first kappa shape index (κ1) is 23.1. The van der Waals surface area contributed by atoms with E-state index >= 15 is 0 Å². The summed E-state index contributed by atoms with van der Waals surface area (Å²) in [5.41, 5.74) is 3.54. The van der Waals surface area contributed by atoms with Gasteiger partial charge in [0.2, 0.25) is 5.91 Å². The maximum absolute atomic E-state index is 12.8. The maximum Gasteiger partial charge on any atom is 0.410 e. The van der Waals surface area contributed by atoms with Crippen molar-refractivity contribution in [1.29, 1.82) is 0 Å².